The molecule has 0 radical (unpaired) electrons. The molecule has 1 aliphatic carbocycles. The van der Waals surface area contributed by atoms with Crippen molar-refractivity contribution in [3.05, 3.63) is 58.7 Å². The predicted molar refractivity (Wildman–Crippen MR) is 136 cm³/mol. The third kappa shape index (κ3) is 6.56. The Morgan fingerprint density at radius 1 is 1.00 bits per heavy atom. The van der Waals surface area contributed by atoms with Gasteiger partial charge in [-0.05, 0) is 62.9 Å². The van der Waals surface area contributed by atoms with Gasteiger partial charge in [0.05, 0.1) is 12.2 Å². The van der Waals surface area contributed by atoms with Crippen LogP contribution in [0.25, 0.3) is 0 Å². The molecule has 3 heterocycles. The first-order valence-electron chi connectivity index (χ1n) is 12.3. The van der Waals surface area contributed by atoms with Crippen LogP contribution in [-0.4, -0.2) is 42.4 Å². The number of piperidine rings is 1. The third-order valence-corrected chi connectivity index (χ3v) is 6.74. The minimum absolute atomic E-state index is 0.151. The van der Waals surface area contributed by atoms with E-state index in [9.17, 15) is 0 Å². The van der Waals surface area contributed by atoms with Crippen LogP contribution in [-0.2, 0) is 9.53 Å². The van der Waals surface area contributed by atoms with Gasteiger partial charge in [-0.1, -0.05) is 36.9 Å². The molecular formula is C26H34ClN5O2. The van der Waals surface area contributed by atoms with Crippen LogP contribution in [0.5, 0.6) is 0 Å². The van der Waals surface area contributed by atoms with E-state index < -0.39 is 0 Å². The summed E-state index contributed by atoms with van der Waals surface area (Å²) in [6, 6.07) is 11.9. The molecule has 0 spiro atoms. The molecule has 5 rings (SSSR count). The Morgan fingerprint density at radius 3 is 2.32 bits per heavy atom. The molecule has 8 heteroatoms. The first-order chi connectivity index (χ1) is 16.7. The zero-order valence-electron chi connectivity index (χ0n) is 19.8. The summed E-state index contributed by atoms with van der Waals surface area (Å²) in [6.07, 6.45) is 12.1. The summed E-state index contributed by atoms with van der Waals surface area (Å²) < 4.78 is 6.37. The molecule has 0 amide bonds. The van der Waals surface area contributed by atoms with E-state index in [1.807, 2.05) is 30.5 Å². The van der Waals surface area contributed by atoms with Crippen LogP contribution in [0.3, 0.4) is 0 Å². The smallest absolute Gasteiger partial charge is 0.145 e. The maximum Gasteiger partial charge on any atom is 0.145 e. The number of hydrogen-bond donors (Lipinski definition) is 2. The van der Waals surface area contributed by atoms with Crippen molar-refractivity contribution in [2.24, 2.45) is 4.99 Å². The van der Waals surface area contributed by atoms with Gasteiger partial charge in [0.1, 0.15) is 24.1 Å². The van der Waals surface area contributed by atoms with Crippen LogP contribution in [0.15, 0.2) is 47.6 Å². The van der Waals surface area contributed by atoms with Gasteiger partial charge >= 0.3 is 0 Å². The molecule has 1 aromatic carbocycles. The molecule has 1 atom stereocenters. The summed E-state index contributed by atoms with van der Waals surface area (Å²) in [4.78, 5) is 20.6. The lowest BCUT2D eigenvalue weighted by molar-refractivity contribution is -0.106. The van der Waals surface area contributed by atoms with Crippen LogP contribution >= 0.6 is 11.6 Å². The highest BCUT2D eigenvalue weighted by atomic mass is 35.5. The fourth-order valence-corrected chi connectivity index (χ4v) is 4.81. The first kappa shape index (κ1) is 24.6. The van der Waals surface area contributed by atoms with E-state index >= 15 is 0 Å². The van der Waals surface area contributed by atoms with E-state index in [-0.39, 0.29) is 6.17 Å². The Hall–Kier alpha value is -2.48. The summed E-state index contributed by atoms with van der Waals surface area (Å²) in [5.41, 5.74) is 8.42. The summed E-state index contributed by atoms with van der Waals surface area (Å²) >= 11 is 5.98. The van der Waals surface area contributed by atoms with E-state index in [1.54, 1.807) is 0 Å². The minimum atomic E-state index is -0.151. The Morgan fingerprint density at radius 2 is 1.68 bits per heavy atom. The van der Waals surface area contributed by atoms with Gasteiger partial charge in [0.15, 0.2) is 0 Å². The van der Waals surface area contributed by atoms with E-state index in [0.717, 1.165) is 60.0 Å². The Balaban J connectivity index is 0.000000868. The largest absolute Gasteiger partial charge is 0.375 e. The van der Waals surface area contributed by atoms with Gasteiger partial charge in [-0.2, -0.15) is 0 Å². The lowest BCUT2D eigenvalue weighted by Crippen LogP contribution is -2.39. The number of aliphatic imine (C=N–C) groups is 1. The average molecular weight is 484 g/mol. The number of aromatic nitrogens is 1. The maximum atomic E-state index is 8.81. The molecule has 34 heavy (non-hydrogen) atoms. The fraction of sp³-hybridized carbons (Fsp3) is 0.500. The Kier molecular flexibility index (Phi) is 8.91. The normalized spacial score (nSPS) is 21.3. The number of pyridine rings is 1. The van der Waals surface area contributed by atoms with Crippen LogP contribution in [0, 0.1) is 0 Å². The molecule has 2 N–H and O–H groups in total. The van der Waals surface area contributed by atoms with Crippen LogP contribution in [0.4, 0.5) is 5.82 Å². The van der Waals surface area contributed by atoms with Crippen LogP contribution < -0.4 is 15.8 Å². The number of benzene rings is 1. The van der Waals surface area contributed by atoms with E-state index in [0.29, 0.717) is 12.2 Å². The topological polar surface area (TPSA) is 78.9 Å². The highest BCUT2D eigenvalue weighted by Crippen LogP contribution is 2.27. The molecular weight excluding hydrogens is 450 g/mol. The quantitative estimate of drug-likeness (QED) is 0.594. The summed E-state index contributed by atoms with van der Waals surface area (Å²) in [7, 11) is 0. The molecule has 2 fully saturated rings. The number of ether oxygens (including phenoxy) is 1. The SMILES string of the molecule is CC=O.Clc1ccc(C2=NC(c3ccc(N4CCC(OC5CCCCC5)CC4)nc3)NN2)cc1. The van der Waals surface area contributed by atoms with E-state index in [4.69, 9.17) is 31.1 Å². The number of carbonyl (C=O) groups excluding carboxylic acids is 1. The van der Waals surface area contributed by atoms with Crippen molar-refractivity contribution in [2.45, 2.75) is 70.2 Å². The van der Waals surface area contributed by atoms with Crippen molar-refractivity contribution in [1.29, 1.82) is 0 Å². The van der Waals surface area contributed by atoms with Crippen molar-refractivity contribution in [2.75, 3.05) is 18.0 Å². The van der Waals surface area contributed by atoms with E-state index in [2.05, 4.69) is 27.9 Å². The number of hydrazine groups is 1. The fourth-order valence-electron chi connectivity index (χ4n) is 4.68. The second-order valence-electron chi connectivity index (χ2n) is 8.92. The van der Waals surface area contributed by atoms with Crippen molar-refractivity contribution < 1.29 is 9.53 Å². The van der Waals surface area contributed by atoms with Gasteiger partial charge in [-0.15, -0.1) is 0 Å². The zero-order chi connectivity index (χ0) is 23.8. The predicted octanol–water partition coefficient (Wildman–Crippen LogP) is 4.81. The lowest BCUT2D eigenvalue weighted by Gasteiger charge is -2.35. The van der Waals surface area contributed by atoms with E-state index in [1.165, 1.54) is 39.0 Å². The number of nitrogens with one attached hydrogen (secondary N) is 2. The Labute approximate surface area is 206 Å². The molecule has 1 aromatic heterocycles. The zero-order valence-corrected chi connectivity index (χ0v) is 20.5. The summed E-state index contributed by atoms with van der Waals surface area (Å²) in [5.74, 6) is 1.85. The highest BCUT2D eigenvalue weighted by Gasteiger charge is 2.25. The van der Waals surface area contributed by atoms with Gasteiger partial charge in [0.2, 0.25) is 0 Å². The summed E-state index contributed by atoms with van der Waals surface area (Å²) in [6.45, 7) is 3.46. The molecule has 2 aromatic rings. The average Bonchev–Trinajstić information content (AvgIpc) is 3.37. The molecule has 7 nitrogen and oxygen atoms in total. The highest BCUT2D eigenvalue weighted by molar-refractivity contribution is 6.30. The molecule has 1 saturated carbocycles. The number of anilines is 1. The Bertz CT molecular complexity index is 937. The number of nitrogens with zero attached hydrogens (tertiary/aromatic N) is 3. The first-order valence-corrected chi connectivity index (χ1v) is 12.7. The van der Waals surface area contributed by atoms with Crippen molar-refractivity contribution in [3.8, 4) is 0 Å². The maximum absolute atomic E-state index is 8.81. The van der Waals surface area contributed by atoms with Crippen molar-refractivity contribution in [3.63, 3.8) is 0 Å². The molecule has 2 aliphatic heterocycles. The number of carbonyl (C=O) groups is 1. The number of aldehydes is 1. The van der Waals surface area contributed by atoms with Gasteiger partial charge in [-0.25, -0.2) is 15.4 Å². The van der Waals surface area contributed by atoms with Crippen LogP contribution in [0.1, 0.15) is 69.2 Å². The molecule has 0 bridgehead atoms. The van der Waals surface area contributed by atoms with Gasteiger partial charge < -0.3 is 19.9 Å². The third-order valence-electron chi connectivity index (χ3n) is 6.49. The lowest BCUT2D eigenvalue weighted by atomic mass is 9.97. The standard InChI is InChI=1S/C24H30ClN5O.C2H4O/c25-19-9-6-17(7-10-19)23-27-24(29-28-23)18-8-11-22(26-16-18)30-14-12-21(13-15-30)31-20-4-2-1-3-5-20;1-2-3/h6-11,16,20-21,24,29H,1-5,12-15H2,(H,27,28);2H,1H3. The van der Waals surface area contributed by atoms with Crippen molar-refractivity contribution >= 4 is 29.5 Å². The molecule has 3 aliphatic rings. The second-order valence-corrected chi connectivity index (χ2v) is 9.36. The minimum Gasteiger partial charge on any atom is -0.375 e. The molecule has 1 saturated heterocycles. The summed E-state index contributed by atoms with van der Waals surface area (Å²) in [5, 5.41) is 0.719. The van der Waals surface area contributed by atoms with Gasteiger partial charge in [0.25, 0.3) is 0 Å². The van der Waals surface area contributed by atoms with Crippen LogP contribution in [0.2, 0.25) is 5.02 Å². The number of rotatable bonds is 5. The molecule has 1 unspecified atom stereocenters. The second kappa shape index (κ2) is 12.3. The number of halogens is 1. The number of amidine groups is 1. The monoisotopic (exact) mass is 483 g/mol. The molecule has 182 valence electrons. The number of hydrogen-bond acceptors (Lipinski definition) is 7. The van der Waals surface area contributed by atoms with Gasteiger partial charge in [-0.3, -0.25) is 0 Å². The van der Waals surface area contributed by atoms with Gasteiger partial charge in [0, 0.05) is 35.4 Å². The van der Waals surface area contributed by atoms with Crippen molar-refractivity contribution in [1.82, 2.24) is 15.8 Å².